The fraction of sp³-hybridized carbons (Fsp3) is 0.517. The zero-order valence-electron chi connectivity index (χ0n) is 24.5. The van der Waals surface area contributed by atoms with Crippen molar-refractivity contribution in [3.63, 3.8) is 0 Å². The molecule has 10 nitrogen and oxygen atoms in total. The van der Waals surface area contributed by atoms with Crippen molar-refractivity contribution in [2.24, 2.45) is 4.99 Å². The molecule has 0 aliphatic rings. The highest BCUT2D eigenvalue weighted by atomic mass is 35.5. The first-order chi connectivity index (χ1) is 19.6. The predicted molar refractivity (Wildman–Crippen MR) is 163 cm³/mol. The molecule has 2 aromatic carbocycles. The van der Waals surface area contributed by atoms with Gasteiger partial charge in [-0.2, -0.15) is 0 Å². The Labute approximate surface area is 252 Å². The number of phenolic OH excluding ortho intramolecular Hbond substituents is 1. The monoisotopic (exact) mass is 612 g/mol. The molecule has 0 saturated carbocycles. The molecule has 0 saturated heterocycles. The maximum absolute atomic E-state index is 13.5. The van der Waals surface area contributed by atoms with E-state index in [1.54, 1.807) is 12.0 Å². The Kier molecular flexibility index (Phi) is 15.2. The molecule has 1 amide bonds. The van der Waals surface area contributed by atoms with Gasteiger partial charge < -0.3 is 29.0 Å². The van der Waals surface area contributed by atoms with Crippen molar-refractivity contribution in [1.82, 2.24) is 10.3 Å². The number of rotatable bonds is 16. The van der Waals surface area contributed by atoms with Gasteiger partial charge in [0.25, 0.3) is 5.91 Å². The van der Waals surface area contributed by atoms with Crippen LogP contribution in [0.25, 0.3) is 0 Å². The molecule has 2 aromatic rings. The number of benzene rings is 2. The molecule has 2 rings (SSSR count). The van der Waals surface area contributed by atoms with Crippen LogP contribution < -0.4 is 10.9 Å². The third-order valence-electron chi connectivity index (χ3n) is 5.93. The van der Waals surface area contributed by atoms with Crippen molar-refractivity contribution in [3.05, 3.63) is 57.6 Å². The number of nitrogens with zero attached hydrogens (tertiary/aromatic N) is 2. The number of carbonyl (C=O) groups is 1. The van der Waals surface area contributed by atoms with Crippen LogP contribution in [-0.4, -0.2) is 88.7 Å². The van der Waals surface area contributed by atoms with Crippen LogP contribution in [0.3, 0.4) is 0 Å². The number of anilines is 1. The van der Waals surface area contributed by atoms with Gasteiger partial charge in [-0.3, -0.25) is 20.6 Å². The highest BCUT2D eigenvalue weighted by Gasteiger charge is 2.21. The van der Waals surface area contributed by atoms with Crippen molar-refractivity contribution in [1.29, 1.82) is 0 Å². The third kappa shape index (κ3) is 12.4. The van der Waals surface area contributed by atoms with E-state index in [4.69, 9.17) is 42.1 Å². The lowest BCUT2D eigenvalue weighted by atomic mass is 9.87. The van der Waals surface area contributed by atoms with Crippen LogP contribution in [0.15, 0.2) is 41.4 Å². The first-order valence-corrected chi connectivity index (χ1v) is 14.1. The summed E-state index contributed by atoms with van der Waals surface area (Å²) in [7, 11) is 3.14. The van der Waals surface area contributed by atoms with Crippen molar-refractivity contribution in [2.75, 3.05) is 72.4 Å². The lowest BCUT2D eigenvalue weighted by Gasteiger charge is -2.25. The predicted octanol–water partition coefficient (Wildman–Crippen LogP) is 4.67. The van der Waals surface area contributed by atoms with Gasteiger partial charge in [0.2, 0.25) is 5.84 Å². The number of hydrazine groups is 1. The number of methoxy groups -OCH3 is 1. The molecule has 228 valence electrons. The van der Waals surface area contributed by atoms with E-state index < -0.39 is 0 Å². The fourth-order valence-electron chi connectivity index (χ4n) is 3.57. The summed E-state index contributed by atoms with van der Waals surface area (Å²) in [5, 5.41) is 9.94. The largest absolute Gasteiger partial charge is 0.505 e. The Morgan fingerprint density at radius 2 is 1.46 bits per heavy atom. The maximum Gasteiger partial charge on any atom is 0.291 e. The van der Waals surface area contributed by atoms with Gasteiger partial charge in [-0.1, -0.05) is 68.2 Å². The van der Waals surface area contributed by atoms with Gasteiger partial charge in [-0.05, 0) is 28.7 Å². The first-order valence-electron chi connectivity index (χ1n) is 13.3. The lowest BCUT2D eigenvalue weighted by molar-refractivity contribution is -0.125. The molecule has 12 heteroatoms. The number of halogens is 2. The van der Waals surface area contributed by atoms with Crippen molar-refractivity contribution < 1.29 is 28.8 Å². The van der Waals surface area contributed by atoms with Gasteiger partial charge in [-0.25, -0.2) is 0 Å². The van der Waals surface area contributed by atoms with Crippen molar-refractivity contribution in [3.8, 4) is 5.75 Å². The van der Waals surface area contributed by atoms with E-state index in [0.717, 1.165) is 5.56 Å². The Balaban J connectivity index is 1.98. The second-order valence-electron chi connectivity index (χ2n) is 10.1. The molecule has 3 N–H and O–H groups in total. The normalized spacial score (nSPS) is 11.9. The molecular formula is C29H42Cl2N4O6. The number of phenols is 1. The zero-order chi connectivity index (χ0) is 30.3. The number of aromatic hydroxyl groups is 1. The molecular weight excluding hydrogens is 571 g/mol. The summed E-state index contributed by atoms with van der Waals surface area (Å²) in [5.74, 6) is -0.471. The van der Waals surface area contributed by atoms with Crippen LogP contribution in [0.1, 0.15) is 31.9 Å². The second-order valence-corrected chi connectivity index (χ2v) is 10.9. The van der Waals surface area contributed by atoms with E-state index in [-0.39, 0.29) is 33.0 Å². The Hall–Kier alpha value is -2.60. The molecule has 0 radical (unpaired) electrons. The zero-order valence-corrected chi connectivity index (χ0v) is 26.0. The summed E-state index contributed by atoms with van der Waals surface area (Å²) in [5.41, 5.74) is 8.35. The minimum atomic E-state index is -0.330. The minimum Gasteiger partial charge on any atom is -0.505 e. The summed E-state index contributed by atoms with van der Waals surface area (Å²) in [6.45, 7) is 10.3. The van der Waals surface area contributed by atoms with Gasteiger partial charge in [-0.15, -0.1) is 0 Å². The smallest absolute Gasteiger partial charge is 0.291 e. The SMILES string of the molecule is CN=C(NNc1cc(Cl)c(O)c(Cl)c1)C(=O)N(CCOCCOCCOCCOC)Cc1ccc(C(C)(C)C)cc1. The van der Waals surface area contributed by atoms with Gasteiger partial charge in [0, 0.05) is 27.2 Å². The maximum atomic E-state index is 13.5. The van der Waals surface area contributed by atoms with E-state index in [0.29, 0.717) is 65.0 Å². The van der Waals surface area contributed by atoms with Crippen LogP contribution in [-0.2, 0) is 35.7 Å². The third-order valence-corrected chi connectivity index (χ3v) is 6.51. The molecule has 0 aliphatic heterocycles. The van der Waals surface area contributed by atoms with Gasteiger partial charge in [0.05, 0.1) is 62.0 Å². The molecule has 0 heterocycles. The fourth-order valence-corrected chi connectivity index (χ4v) is 4.05. The summed E-state index contributed by atoms with van der Waals surface area (Å²) >= 11 is 12.0. The quantitative estimate of drug-likeness (QED) is 0.0824. The number of amidine groups is 1. The number of amides is 1. The molecule has 0 unspecified atom stereocenters. The highest BCUT2D eigenvalue weighted by Crippen LogP contribution is 2.34. The molecule has 0 aliphatic carbocycles. The first kappa shape index (κ1) is 34.6. The standard InChI is InChI=1S/C29H42Cl2N4O6/c1-29(2,3)22-8-6-21(7-9-22)20-35(10-11-39-14-15-41-17-16-40-13-12-38-5)28(37)27(32-4)34-33-23-18-24(30)26(36)25(31)19-23/h6-9,18-19,33,36H,10-17,20H2,1-5H3,(H,32,34). The van der Waals surface area contributed by atoms with Crippen LogP contribution in [0.5, 0.6) is 5.75 Å². The summed E-state index contributed by atoms with van der Waals surface area (Å²) in [6, 6.07) is 11.2. The van der Waals surface area contributed by atoms with Crippen molar-refractivity contribution >= 4 is 40.6 Å². The molecule has 0 bridgehead atoms. The van der Waals surface area contributed by atoms with Crippen LogP contribution in [0, 0.1) is 0 Å². The summed E-state index contributed by atoms with van der Waals surface area (Å²) in [6.07, 6.45) is 0. The van der Waals surface area contributed by atoms with Crippen LogP contribution >= 0.6 is 23.2 Å². The minimum absolute atomic E-state index is 0.0254. The number of hydrogen-bond donors (Lipinski definition) is 3. The Morgan fingerprint density at radius 3 is 1.98 bits per heavy atom. The molecule has 0 spiro atoms. The van der Waals surface area contributed by atoms with E-state index in [9.17, 15) is 9.90 Å². The molecule has 0 aromatic heterocycles. The lowest BCUT2D eigenvalue weighted by Crippen LogP contribution is -2.46. The molecule has 0 atom stereocenters. The van der Waals surface area contributed by atoms with E-state index >= 15 is 0 Å². The number of ether oxygens (including phenoxy) is 4. The number of aliphatic imine (C=N–C) groups is 1. The Bertz CT molecular complexity index is 1090. The topological polar surface area (TPSA) is 114 Å². The van der Waals surface area contributed by atoms with Crippen molar-refractivity contribution in [2.45, 2.75) is 32.7 Å². The van der Waals surface area contributed by atoms with Gasteiger partial charge in [0.1, 0.15) is 0 Å². The van der Waals surface area contributed by atoms with Gasteiger partial charge in [0.15, 0.2) is 5.75 Å². The highest BCUT2D eigenvalue weighted by molar-refractivity contribution is 6.38. The number of hydrogen-bond acceptors (Lipinski definition) is 8. The van der Waals surface area contributed by atoms with Gasteiger partial charge >= 0.3 is 0 Å². The van der Waals surface area contributed by atoms with E-state index in [1.165, 1.54) is 24.7 Å². The second kappa shape index (κ2) is 18.0. The van der Waals surface area contributed by atoms with Crippen LogP contribution in [0.2, 0.25) is 10.0 Å². The van der Waals surface area contributed by atoms with Crippen LogP contribution in [0.4, 0.5) is 5.69 Å². The molecule has 0 fully saturated rings. The Morgan fingerprint density at radius 1 is 0.927 bits per heavy atom. The molecule has 41 heavy (non-hydrogen) atoms. The van der Waals surface area contributed by atoms with E-state index in [1.807, 2.05) is 12.1 Å². The average molecular weight is 614 g/mol. The summed E-state index contributed by atoms with van der Waals surface area (Å²) in [4.78, 5) is 19.3. The summed E-state index contributed by atoms with van der Waals surface area (Å²) < 4.78 is 21.5. The number of nitrogens with one attached hydrogen (secondary N) is 2. The average Bonchev–Trinajstić information content (AvgIpc) is 2.93. The number of carbonyl (C=O) groups excluding carboxylic acids is 1. The van der Waals surface area contributed by atoms with E-state index in [2.05, 4.69) is 48.7 Å².